The highest BCUT2D eigenvalue weighted by atomic mass is 32.3. The maximum Gasteiger partial charge on any atom is 0.243 e. The minimum Gasteiger partial charge on any atom is -0.726 e. The number of amides is 2. The van der Waals surface area contributed by atoms with Crippen molar-refractivity contribution in [2.45, 2.75) is 13.8 Å². The summed E-state index contributed by atoms with van der Waals surface area (Å²) in [5.74, 6) is -0.579. The monoisotopic (exact) mass is 381 g/mol. The van der Waals surface area contributed by atoms with Gasteiger partial charge in [0, 0.05) is 12.0 Å². The van der Waals surface area contributed by atoms with E-state index >= 15 is 0 Å². The second-order valence-electron chi connectivity index (χ2n) is 6.72. The zero-order valence-corrected chi connectivity index (χ0v) is 16.7. The van der Waals surface area contributed by atoms with Crippen molar-refractivity contribution in [1.82, 2.24) is 5.32 Å². The van der Waals surface area contributed by atoms with Crippen molar-refractivity contribution in [3.8, 4) is 0 Å². The van der Waals surface area contributed by atoms with E-state index in [9.17, 15) is 22.6 Å². The number of primary amides is 1. The molecule has 148 valence electrons. The minimum absolute atomic E-state index is 0.0977. The molecule has 0 spiro atoms. The van der Waals surface area contributed by atoms with E-state index in [0.717, 1.165) is 24.2 Å². The van der Waals surface area contributed by atoms with Crippen molar-refractivity contribution in [3.63, 3.8) is 0 Å². The zero-order valence-electron chi connectivity index (χ0n) is 15.9. The molecule has 0 atom stereocenters. The third kappa shape index (κ3) is 30.7. The maximum atomic E-state index is 11.0. The van der Waals surface area contributed by atoms with Gasteiger partial charge in [0.1, 0.15) is 0 Å². The van der Waals surface area contributed by atoms with Crippen LogP contribution < -0.4 is 11.1 Å². The Balaban J connectivity index is -0.000000362. The first-order chi connectivity index (χ1) is 11.0. The molecule has 3 N–H and O–H groups in total. The lowest BCUT2D eigenvalue weighted by atomic mass is 9.92. The van der Waals surface area contributed by atoms with Crippen molar-refractivity contribution < 1.29 is 31.2 Å². The predicted octanol–water partition coefficient (Wildman–Crippen LogP) is -0.228. The predicted molar refractivity (Wildman–Crippen MR) is 96.0 cm³/mol. The highest BCUT2D eigenvalue weighted by Crippen LogP contribution is 2.16. The highest BCUT2D eigenvalue weighted by Gasteiger charge is 2.25. The molecule has 0 aliphatic heterocycles. The van der Waals surface area contributed by atoms with Crippen LogP contribution in [0.5, 0.6) is 0 Å². The van der Waals surface area contributed by atoms with Crippen LogP contribution in [0.25, 0.3) is 0 Å². The molecule has 25 heavy (non-hydrogen) atoms. The second kappa shape index (κ2) is 12.6. The molecular weight excluding hydrogens is 350 g/mol. The molecule has 0 saturated carbocycles. The molecule has 0 aliphatic rings. The van der Waals surface area contributed by atoms with Crippen molar-refractivity contribution in [2.24, 2.45) is 11.1 Å². The molecule has 0 aliphatic carbocycles. The Morgan fingerprint density at radius 3 is 1.80 bits per heavy atom. The molecule has 0 rings (SSSR count). The van der Waals surface area contributed by atoms with Crippen molar-refractivity contribution in [3.05, 3.63) is 25.3 Å². The highest BCUT2D eigenvalue weighted by molar-refractivity contribution is 7.80. The first kappa shape index (κ1) is 28.1. The minimum atomic E-state index is -4.41. The number of hydrogen-bond donors (Lipinski definition) is 2. The third-order valence-electron chi connectivity index (χ3n) is 2.23. The van der Waals surface area contributed by atoms with Gasteiger partial charge in [-0.25, -0.2) is 8.42 Å². The first-order valence-corrected chi connectivity index (χ1v) is 8.47. The number of nitrogens with zero attached hydrogens (tertiary/aromatic N) is 1. The summed E-state index contributed by atoms with van der Waals surface area (Å²) in [5, 5.41) is 2.83. The van der Waals surface area contributed by atoms with Crippen LogP contribution in [-0.2, 0) is 24.2 Å². The summed E-state index contributed by atoms with van der Waals surface area (Å²) < 4.78 is 31.9. The Morgan fingerprint density at radius 2 is 1.60 bits per heavy atom. The Hall–Kier alpha value is -1.75. The third-order valence-corrected chi connectivity index (χ3v) is 2.64. The smallest absolute Gasteiger partial charge is 0.243 e. The SMILES string of the molecule is C=CC(=O)NCC(C)(C)C[N+](C)(C)C.C=CC(N)=O.COS(=O)(=O)[O-]. The van der Waals surface area contributed by atoms with Crippen LogP contribution in [0.1, 0.15) is 13.8 Å². The van der Waals surface area contributed by atoms with Gasteiger partial charge in [0.15, 0.2) is 0 Å². The lowest BCUT2D eigenvalue weighted by Gasteiger charge is -2.34. The average Bonchev–Trinajstić information content (AvgIpc) is 2.42. The van der Waals surface area contributed by atoms with Crippen LogP contribution >= 0.6 is 0 Å². The van der Waals surface area contributed by atoms with Crippen molar-refractivity contribution >= 4 is 22.2 Å². The lowest BCUT2D eigenvalue weighted by molar-refractivity contribution is -0.876. The van der Waals surface area contributed by atoms with Gasteiger partial charge in [0.05, 0.1) is 34.8 Å². The molecule has 0 aromatic heterocycles. The fourth-order valence-corrected chi connectivity index (χ4v) is 1.74. The van der Waals surface area contributed by atoms with Gasteiger partial charge in [0.25, 0.3) is 0 Å². The van der Waals surface area contributed by atoms with Crippen LogP contribution in [0.2, 0.25) is 0 Å². The molecule has 0 radical (unpaired) electrons. The van der Waals surface area contributed by atoms with E-state index < -0.39 is 16.3 Å². The Labute approximate surface area is 151 Å². The second-order valence-corrected chi connectivity index (χ2v) is 7.87. The van der Waals surface area contributed by atoms with Gasteiger partial charge in [0.2, 0.25) is 22.2 Å². The Kier molecular flexibility index (Phi) is 14.1. The summed E-state index contributed by atoms with van der Waals surface area (Å²) in [4.78, 5) is 20.5. The van der Waals surface area contributed by atoms with Gasteiger partial charge in [-0.1, -0.05) is 27.0 Å². The summed E-state index contributed by atoms with van der Waals surface area (Å²) in [5.41, 5.74) is 4.64. The van der Waals surface area contributed by atoms with Crippen molar-refractivity contribution in [1.29, 1.82) is 0 Å². The first-order valence-electron chi connectivity index (χ1n) is 7.13. The number of nitrogens with one attached hydrogen (secondary N) is 1. The van der Waals surface area contributed by atoms with Crippen LogP contribution in [0.15, 0.2) is 25.3 Å². The van der Waals surface area contributed by atoms with Gasteiger partial charge in [-0.2, -0.15) is 0 Å². The summed E-state index contributed by atoms with van der Waals surface area (Å²) in [7, 11) is 2.85. The fourth-order valence-electron chi connectivity index (χ4n) is 1.74. The van der Waals surface area contributed by atoms with E-state index in [-0.39, 0.29) is 11.3 Å². The molecule has 0 unspecified atom stereocenters. The zero-order chi connectivity index (χ0) is 20.9. The molecular formula is C15H31N3O6S. The molecule has 0 fully saturated rings. The van der Waals surface area contributed by atoms with Crippen LogP contribution in [0.4, 0.5) is 0 Å². The number of nitrogens with two attached hydrogens (primary N) is 1. The molecule has 0 bridgehead atoms. The lowest BCUT2D eigenvalue weighted by Crippen LogP contribution is -2.47. The molecule has 0 aromatic rings. The van der Waals surface area contributed by atoms with Crippen LogP contribution in [-0.4, -0.2) is 70.6 Å². The fraction of sp³-hybridized carbons (Fsp3) is 0.600. The summed E-state index contributed by atoms with van der Waals surface area (Å²) in [6.45, 7) is 12.5. The quantitative estimate of drug-likeness (QED) is 0.270. The van der Waals surface area contributed by atoms with Crippen LogP contribution in [0, 0.1) is 5.41 Å². The number of carbonyl (C=O) groups excluding carboxylic acids is 2. The Morgan fingerprint density at radius 1 is 1.24 bits per heavy atom. The van der Waals surface area contributed by atoms with E-state index in [2.05, 4.69) is 63.4 Å². The summed E-state index contributed by atoms with van der Waals surface area (Å²) >= 11 is 0. The topological polar surface area (TPSA) is 139 Å². The van der Waals surface area contributed by atoms with E-state index in [4.69, 9.17) is 0 Å². The summed E-state index contributed by atoms with van der Waals surface area (Å²) in [6, 6.07) is 0. The van der Waals surface area contributed by atoms with E-state index in [1.165, 1.54) is 6.08 Å². The molecule has 0 heterocycles. The molecule has 9 nitrogen and oxygen atoms in total. The van der Waals surface area contributed by atoms with Gasteiger partial charge in [-0.15, -0.1) is 0 Å². The van der Waals surface area contributed by atoms with E-state index in [1.807, 2.05) is 0 Å². The number of rotatable bonds is 7. The number of carbonyl (C=O) groups is 2. The van der Waals surface area contributed by atoms with E-state index in [1.54, 1.807) is 0 Å². The maximum absolute atomic E-state index is 11.0. The molecule has 2 amide bonds. The number of hydrogen-bond acceptors (Lipinski definition) is 6. The Bertz CT molecular complexity index is 536. The standard InChI is InChI=1S/C11H22N2O.C3H5NO.CH4O4S/c1-7-10(14)12-8-11(2,3)9-13(4,5)6;1-2-3(4)5;1-5-6(2,3)4/h7H,1,8-9H2,2-6H3;2H,1H2,(H2,4,5);1H3,(H,2,3,4). The molecule has 10 heteroatoms. The van der Waals surface area contributed by atoms with Crippen molar-refractivity contribution in [2.75, 3.05) is 41.3 Å². The normalized spacial score (nSPS) is 11.0. The molecule has 0 aromatic carbocycles. The van der Waals surface area contributed by atoms with Gasteiger partial charge in [-0.3, -0.25) is 13.8 Å². The van der Waals surface area contributed by atoms with Gasteiger partial charge in [-0.05, 0) is 12.2 Å². The largest absolute Gasteiger partial charge is 0.726 e. The average molecular weight is 381 g/mol. The van der Waals surface area contributed by atoms with Gasteiger partial charge >= 0.3 is 0 Å². The summed E-state index contributed by atoms with van der Waals surface area (Å²) in [6.07, 6.45) is 2.36. The van der Waals surface area contributed by atoms with Crippen LogP contribution in [0.3, 0.4) is 0 Å². The van der Waals surface area contributed by atoms with E-state index in [0.29, 0.717) is 6.54 Å². The number of quaternary nitrogens is 1. The van der Waals surface area contributed by atoms with Gasteiger partial charge < -0.3 is 20.1 Å². The molecule has 0 saturated heterocycles.